The monoisotopic (exact) mass is 245 g/mol. The third kappa shape index (κ3) is 1.83. The fourth-order valence-electron chi connectivity index (χ4n) is 1.70. The van der Waals surface area contributed by atoms with Gasteiger partial charge < -0.3 is 9.97 Å². The Morgan fingerprint density at radius 1 is 1.12 bits per heavy atom. The Morgan fingerprint density at radius 2 is 2.00 bits per heavy atom. The molecule has 1 aromatic carbocycles. The Balaban J connectivity index is 2.21. The second-order valence-corrected chi connectivity index (χ2v) is 4.11. The number of fused-ring (bicyclic) bond motifs is 1. The first kappa shape index (κ1) is 10.1. The minimum absolute atomic E-state index is 0.152. The van der Waals surface area contributed by atoms with E-state index in [-0.39, 0.29) is 5.56 Å². The van der Waals surface area contributed by atoms with Crippen LogP contribution in [-0.4, -0.2) is 15.0 Å². The molecule has 0 spiro atoms. The summed E-state index contributed by atoms with van der Waals surface area (Å²) in [4.78, 5) is 21.4. The summed E-state index contributed by atoms with van der Waals surface area (Å²) < 4.78 is 0. The quantitative estimate of drug-likeness (QED) is 0.692. The average molecular weight is 246 g/mol. The van der Waals surface area contributed by atoms with E-state index in [1.807, 2.05) is 6.07 Å². The van der Waals surface area contributed by atoms with Crippen LogP contribution in [0.1, 0.15) is 0 Å². The lowest BCUT2D eigenvalue weighted by Gasteiger charge is -1.93. The van der Waals surface area contributed by atoms with Crippen LogP contribution in [0.3, 0.4) is 0 Å². The van der Waals surface area contributed by atoms with Crippen molar-refractivity contribution in [2.75, 3.05) is 0 Å². The van der Waals surface area contributed by atoms with Crippen LogP contribution in [0.15, 0.2) is 41.2 Å². The normalized spacial score (nSPS) is 10.9. The van der Waals surface area contributed by atoms with E-state index in [1.165, 1.54) is 6.07 Å². The lowest BCUT2D eigenvalue weighted by atomic mass is 10.3. The Morgan fingerprint density at radius 3 is 2.82 bits per heavy atom. The molecular weight excluding hydrogens is 238 g/mol. The number of rotatable bonds is 1. The topological polar surface area (TPSA) is 61.5 Å². The summed E-state index contributed by atoms with van der Waals surface area (Å²) in [5, 5.41) is 0.647. The van der Waals surface area contributed by atoms with Crippen molar-refractivity contribution in [2.24, 2.45) is 0 Å². The first-order valence-corrected chi connectivity index (χ1v) is 5.45. The molecule has 0 unspecified atom stereocenters. The molecule has 5 heteroatoms. The first-order valence-electron chi connectivity index (χ1n) is 5.07. The minimum Gasteiger partial charge on any atom is -0.337 e. The molecule has 0 aliphatic heterocycles. The van der Waals surface area contributed by atoms with Crippen molar-refractivity contribution in [2.45, 2.75) is 0 Å². The second kappa shape index (κ2) is 3.75. The standard InChI is InChI=1S/C12H8ClN3O/c13-7-4-5-8-10(6-7)16-12(15-8)9-2-1-3-11(17)14-9/h1-6H,(H,14,17)(H,15,16). The number of nitrogens with zero attached hydrogens (tertiary/aromatic N) is 1. The highest BCUT2D eigenvalue weighted by Gasteiger charge is 2.05. The zero-order valence-corrected chi connectivity index (χ0v) is 9.45. The van der Waals surface area contributed by atoms with Gasteiger partial charge in [-0.3, -0.25) is 4.79 Å². The summed E-state index contributed by atoms with van der Waals surface area (Å²) in [5.41, 5.74) is 2.16. The summed E-state index contributed by atoms with van der Waals surface area (Å²) in [6, 6.07) is 10.4. The number of benzene rings is 1. The van der Waals surface area contributed by atoms with Crippen molar-refractivity contribution in [1.29, 1.82) is 0 Å². The smallest absolute Gasteiger partial charge is 0.248 e. The van der Waals surface area contributed by atoms with Gasteiger partial charge in [0.25, 0.3) is 0 Å². The predicted octanol–water partition coefficient (Wildman–Crippen LogP) is 2.57. The molecule has 0 aliphatic rings. The molecule has 0 bridgehead atoms. The van der Waals surface area contributed by atoms with E-state index in [9.17, 15) is 4.79 Å². The highest BCUT2D eigenvalue weighted by atomic mass is 35.5. The van der Waals surface area contributed by atoms with E-state index in [1.54, 1.807) is 24.3 Å². The van der Waals surface area contributed by atoms with Gasteiger partial charge in [-0.25, -0.2) is 4.98 Å². The van der Waals surface area contributed by atoms with Gasteiger partial charge in [0, 0.05) is 11.1 Å². The maximum atomic E-state index is 11.2. The second-order valence-electron chi connectivity index (χ2n) is 3.68. The van der Waals surface area contributed by atoms with E-state index >= 15 is 0 Å². The number of halogens is 1. The van der Waals surface area contributed by atoms with Crippen molar-refractivity contribution in [3.63, 3.8) is 0 Å². The lowest BCUT2D eigenvalue weighted by Crippen LogP contribution is -2.03. The van der Waals surface area contributed by atoms with Crippen LogP contribution in [0.2, 0.25) is 5.02 Å². The van der Waals surface area contributed by atoms with Gasteiger partial charge in [-0.2, -0.15) is 0 Å². The van der Waals surface area contributed by atoms with Crippen LogP contribution >= 0.6 is 11.6 Å². The summed E-state index contributed by atoms with van der Waals surface area (Å²) in [6.07, 6.45) is 0. The maximum Gasteiger partial charge on any atom is 0.248 e. The average Bonchev–Trinajstić information content (AvgIpc) is 2.72. The highest BCUT2D eigenvalue weighted by molar-refractivity contribution is 6.31. The minimum atomic E-state index is -0.152. The molecule has 0 fully saturated rings. The molecule has 4 nitrogen and oxygen atoms in total. The molecule has 84 valence electrons. The molecule has 2 N–H and O–H groups in total. The van der Waals surface area contributed by atoms with Gasteiger partial charge >= 0.3 is 0 Å². The van der Waals surface area contributed by atoms with Gasteiger partial charge in [-0.15, -0.1) is 0 Å². The van der Waals surface area contributed by atoms with Crippen LogP contribution < -0.4 is 5.56 Å². The molecular formula is C12H8ClN3O. The third-order valence-corrected chi connectivity index (χ3v) is 2.70. The largest absolute Gasteiger partial charge is 0.337 e. The van der Waals surface area contributed by atoms with Gasteiger partial charge in [0.15, 0.2) is 5.82 Å². The number of aromatic amines is 2. The van der Waals surface area contributed by atoms with Crippen molar-refractivity contribution in [3.05, 3.63) is 51.8 Å². The number of H-pyrrole nitrogens is 2. The fourth-order valence-corrected chi connectivity index (χ4v) is 1.87. The summed E-state index contributed by atoms with van der Waals surface area (Å²) >= 11 is 5.89. The first-order chi connectivity index (χ1) is 8.22. The molecule has 0 atom stereocenters. The number of imidazole rings is 1. The van der Waals surface area contributed by atoms with Crippen LogP contribution in [0, 0.1) is 0 Å². The summed E-state index contributed by atoms with van der Waals surface area (Å²) in [7, 11) is 0. The van der Waals surface area contributed by atoms with E-state index < -0.39 is 0 Å². The maximum absolute atomic E-state index is 11.2. The van der Waals surface area contributed by atoms with Crippen LogP contribution in [0.25, 0.3) is 22.6 Å². The number of aromatic nitrogens is 3. The molecule has 0 radical (unpaired) electrons. The molecule has 3 aromatic rings. The van der Waals surface area contributed by atoms with Crippen LogP contribution in [-0.2, 0) is 0 Å². The Hall–Kier alpha value is -2.07. The Kier molecular flexibility index (Phi) is 2.23. The van der Waals surface area contributed by atoms with Gasteiger partial charge in [0.1, 0.15) is 0 Å². The molecule has 2 heterocycles. The van der Waals surface area contributed by atoms with Crippen molar-refractivity contribution >= 4 is 22.6 Å². The lowest BCUT2D eigenvalue weighted by molar-refractivity contribution is 1.19. The summed E-state index contributed by atoms with van der Waals surface area (Å²) in [6.45, 7) is 0. The van der Waals surface area contributed by atoms with Crippen LogP contribution in [0.5, 0.6) is 0 Å². The van der Waals surface area contributed by atoms with E-state index in [0.717, 1.165) is 11.0 Å². The number of pyridine rings is 1. The molecule has 0 amide bonds. The number of hydrogen-bond donors (Lipinski definition) is 2. The molecule has 2 aromatic heterocycles. The molecule has 0 saturated carbocycles. The van der Waals surface area contributed by atoms with Crippen molar-refractivity contribution in [1.82, 2.24) is 15.0 Å². The Bertz CT molecular complexity index is 745. The number of hydrogen-bond acceptors (Lipinski definition) is 2. The SMILES string of the molecule is O=c1cccc(-c2nc3ccc(Cl)cc3[nH]2)[nH]1. The van der Waals surface area contributed by atoms with Gasteiger partial charge in [-0.1, -0.05) is 17.7 Å². The molecule has 0 aliphatic carbocycles. The fraction of sp³-hybridized carbons (Fsp3) is 0. The highest BCUT2D eigenvalue weighted by Crippen LogP contribution is 2.20. The zero-order chi connectivity index (χ0) is 11.8. The molecule has 17 heavy (non-hydrogen) atoms. The van der Waals surface area contributed by atoms with Gasteiger partial charge in [0.2, 0.25) is 5.56 Å². The Labute approximate surface area is 101 Å². The van der Waals surface area contributed by atoms with Gasteiger partial charge in [-0.05, 0) is 24.3 Å². The third-order valence-electron chi connectivity index (χ3n) is 2.47. The zero-order valence-electron chi connectivity index (χ0n) is 8.70. The van der Waals surface area contributed by atoms with E-state index in [0.29, 0.717) is 16.5 Å². The summed E-state index contributed by atoms with van der Waals surface area (Å²) in [5.74, 6) is 0.625. The number of nitrogens with one attached hydrogen (secondary N) is 2. The molecule has 0 saturated heterocycles. The van der Waals surface area contributed by atoms with E-state index in [4.69, 9.17) is 11.6 Å². The van der Waals surface area contributed by atoms with Crippen molar-refractivity contribution in [3.8, 4) is 11.5 Å². The van der Waals surface area contributed by atoms with E-state index in [2.05, 4.69) is 15.0 Å². The van der Waals surface area contributed by atoms with Crippen molar-refractivity contribution < 1.29 is 0 Å². The van der Waals surface area contributed by atoms with Gasteiger partial charge in [0.05, 0.1) is 16.7 Å². The predicted molar refractivity (Wildman–Crippen MR) is 67.2 cm³/mol. The molecule has 3 rings (SSSR count). The van der Waals surface area contributed by atoms with Crippen LogP contribution in [0.4, 0.5) is 0 Å².